The summed E-state index contributed by atoms with van der Waals surface area (Å²) in [6.07, 6.45) is 2.80. The van der Waals surface area contributed by atoms with Gasteiger partial charge in [0.25, 0.3) is 11.8 Å². The minimum absolute atomic E-state index is 0.0900. The third-order valence-electron chi connectivity index (χ3n) is 2.79. The first kappa shape index (κ1) is 16.7. The number of H-pyrrole nitrogens is 1. The molecule has 1 heterocycles. The van der Waals surface area contributed by atoms with E-state index < -0.39 is 28.0 Å². The van der Waals surface area contributed by atoms with Gasteiger partial charge in [0.05, 0.1) is 4.92 Å². The number of carbonyl (C=O) groups excluding carboxylic acids is 1. The molecular weight excluding hydrogens is 320 g/mol. The molecule has 0 bridgehead atoms. The predicted octanol–water partition coefficient (Wildman–Crippen LogP) is 0.418. The fraction of sp³-hybridized carbons (Fsp3) is 0.0714. The van der Waals surface area contributed by atoms with Gasteiger partial charge in [-0.25, -0.2) is 0 Å². The van der Waals surface area contributed by atoms with E-state index in [4.69, 9.17) is 10.5 Å². The number of primary amides is 1. The summed E-state index contributed by atoms with van der Waals surface area (Å²) in [6.45, 7) is -0.307. The molecule has 0 atom stereocenters. The average Bonchev–Trinajstić information content (AvgIpc) is 2.50. The second-order valence-corrected chi connectivity index (χ2v) is 4.51. The zero-order chi connectivity index (χ0) is 17.7. The lowest BCUT2D eigenvalue weighted by Gasteiger charge is -2.06. The van der Waals surface area contributed by atoms with Gasteiger partial charge in [-0.3, -0.25) is 19.7 Å². The zero-order valence-electron chi connectivity index (χ0n) is 12.1. The minimum Gasteiger partial charge on any atom is -0.488 e. The molecule has 10 heteroatoms. The number of para-hydroxylation sites is 1. The van der Waals surface area contributed by atoms with Gasteiger partial charge in [0, 0.05) is 5.56 Å². The van der Waals surface area contributed by atoms with Gasteiger partial charge in [-0.05, 0) is 18.2 Å². The number of rotatable bonds is 6. The first-order chi connectivity index (χ1) is 11.4. The van der Waals surface area contributed by atoms with Crippen molar-refractivity contribution in [2.45, 2.75) is 0 Å². The summed E-state index contributed by atoms with van der Waals surface area (Å²) in [5, 5.41) is 20.1. The monoisotopic (exact) mass is 332 g/mol. The van der Waals surface area contributed by atoms with Crippen LogP contribution in [0.4, 0.5) is 5.69 Å². The van der Waals surface area contributed by atoms with Crippen molar-refractivity contribution in [1.29, 1.82) is 0 Å². The number of benzene rings is 1. The van der Waals surface area contributed by atoms with Gasteiger partial charge >= 0.3 is 11.2 Å². The van der Waals surface area contributed by atoms with Gasteiger partial charge in [0.2, 0.25) is 0 Å². The average molecular weight is 332 g/mol. The highest BCUT2D eigenvalue weighted by atomic mass is 16.6. The van der Waals surface area contributed by atoms with Crippen molar-refractivity contribution in [1.82, 2.24) is 9.97 Å². The Morgan fingerprint density at radius 2 is 2.12 bits per heavy atom. The Bertz CT molecular complexity index is 874. The molecule has 124 valence electrons. The maximum atomic E-state index is 11.6. The number of amides is 1. The zero-order valence-corrected chi connectivity index (χ0v) is 12.1. The van der Waals surface area contributed by atoms with Crippen LogP contribution in [0.15, 0.2) is 29.1 Å². The van der Waals surface area contributed by atoms with E-state index in [0.717, 1.165) is 0 Å². The Kier molecular flexibility index (Phi) is 4.90. The van der Waals surface area contributed by atoms with Crippen LogP contribution in [-0.2, 0) is 4.79 Å². The quantitative estimate of drug-likeness (QED) is 0.510. The topological polar surface area (TPSA) is 161 Å². The van der Waals surface area contributed by atoms with Gasteiger partial charge in [-0.2, -0.15) is 4.98 Å². The van der Waals surface area contributed by atoms with Crippen molar-refractivity contribution in [2.24, 2.45) is 5.73 Å². The Hall–Kier alpha value is -3.69. The molecule has 1 amide bonds. The lowest BCUT2D eigenvalue weighted by molar-refractivity contribution is -0.387. The highest BCUT2D eigenvalue weighted by molar-refractivity contribution is 5.76. The van der Waals surface area contributed by atoms with Gasteiger partial charge in [-0.15, -0.1) is 0 Å². The van der Waals surface area contributed by atoms with Crippen molar-refractivity contribution in [3.05, 3.63) is 56.1 Å². The molecule has 0 aliphatic rings. The third-order valence-corrected chi connectivity index (χ3v) is 2.79. The molecule has 0 saturated carbocycles. The molecule has 0 aliphatic heterocycles. The molecule has 0 saturated heterocycles. The normalized spacial score (nSPS) is 10.7. The van der Waals surface area contributed by atoms with E-state index in [9.17, 15) is 24.8 Å². The summed E-state index contributed by atoms with van der Waals surface area (Å²) < 4.78 is 5.23. The van der Waals surface area contributed by atoms with Crippen LogP contribution in [0.5, 0.6) is 11.6 Å². The molecular formula is C14H12N4O6. The largest absolute Gasteiger partial charge is 0.488 e. The summed E-state index contributed by atoms with van der Waals surface area (Å²) in [7, 11) is 0. The lowest BCUT2D eigenvalue weighted by atomic mass is 10.2. The van der Waals surface area contributed by atoms with E-state index in [1.54, 1.807) is 24.3 Å². The van der Waals surface area contributed by atoms with E-state index in [-0.39, 0.29) is 12.4 Å². The van der Waals surface area contributed by atoms with E-state index in [0.29, 0.717) is 11.3 Å². The van der Waals surface area contributed by atoms with Crippen LogP contribution >= 0.6 is 0 Å². The molecule has 4 N–H and O–H groups in total. The van der Waals surface area contributed by atoms with Crippen molar-refractivity contribution in [3.63, 3.8) is 0 Å². The summed E-state index contributed by atoms with van der Waals surface area (Å²) in [4.78, 5) is 37.6. The standard InChI is InChI=1S/C14H12N4O6/c15-10(19)7-24-9-4-2-1-3-8(9)5-6-11-16-13(20)12(18(22)23)14(21)17-11/h1-6H,7H2,(H2,15,19)(H2,16,17,20,21)/b6-5-. The molecule has 10 nitrogen and oxygen atoms in total. The van der Waals surface area contributed by atoms with Gasteiger partial charge in [0.1, 0.15) is 11.6 Å². The van der Waals surface area contributed by atoms with Crippen LogP contribution in [0.2, 0.25) is 0 Å². The number of hydrogen-bond acceptors (Lipinski definition) is 7. The fourth-order valence-electron chi connectivity index (χ4n) is 1.78. The second-order valence-electron chi connectivity index (χ2n) is 4.51. The van der Waals surface area contributed by atoms with E-state index >= 15 is 0 Å². The maximum Gasteiger partial charge on any atom is 0.395 e. The Balaban J connectivity index is 2.30. The van der Waals surface area contributed by atoms with Crippen LogP contribution in [-0.4, -0.2) is 32.5 Å². The number of nitrogens with zero attached hydrogens (tertiary/aromatic N) is 2. The lowest BCUT2D eigenvalue weighted by Crippen LogP contribution is -2.20. The van der Waals surface area contributed by atoms with Crippen LogP contribution in [0.3, 0.4) is 0 Å². The number of carbonyl (C=O) groups is 1. The number of aromatic hydroxyl groups is 1. The molecule has 2 aromatic rings. The SMILES string of the molecule is NC(=O)COc1ccccc1/C=C\c1nc(O)c([N+](=O)[O-])c(=O)[nH]1. The van der Waals surface area contributed by atoms with E-state index in [2.05, 4.69) is 9.97 Å². The molecule has 24 heavy (non-hydrogen) atoms. The number of aromatic nitrogens is 2. The number of hydrogen-bond donors (Lipinski definition) is 3. The Morgan fingerprint density at radius 3 is 2.75 bits per heavy atom. The van der Waals surface area contributed by atoms with Gasteiger partial charge < -0.3 is 20.6 Å². The summed E-state index contributed by atoms with van der Waals surface area (Å²) >= 11 is 0. The third kappa shape index (κ3) is 3.94. The highest BCUT2D eigenvalue weighted by Crippen LogP contribution is 2.21. The molecule has 0 aliphatic carbocycles. The van der Waals surface area contributed by atoms with Crippen molar-refractivity contribution in [2.75, 3.05) is 6.61 Å². The highest BCUT2D eigenvalue weighted by Gasteiger charge is 2.21. The Morgan fingerprint density at radius 1 is 1.42 bits per heavy atom. The van der Waals surface area contributed by atoms with Gasteiger partial charge in [0.15, 0.2) is 6.61 Å². The fourth-order valence-corrected chi connectivity index (χ4v) is 1.78. The van der Waals surface area contributed by atoms with E-state index in [1.165, 1.54) is 12.2 Å². The molecule has 1 aromatic carbocycles. The molecule has 2 rings (SSSR count). The smallest absolute Gasteiger partial charge is 0.395 e. The van der Waals surface area contributed by atoms with Crippen LogP contribution in [0.1, 0.15) is 11.4 Å². The van der Waals surface area contributed by atoms with Crippen molar-refractivity contribution >= 4 is 23.7 Å². The number of aromatic amines is 1. The number of nitrogens with two attached hydrogens (primary N) is 1. The minimum atomic E-state index is -1.08. The molecule has 0 unspecified atom stereocenters. The molecule has 0 spiro atoms. The van der Waals surface area contributed by atoms with Crippen molar-refractivity contribution < 1.29 is 19.6 Å². The van der Waals surface area contributed by atoms with Crippen LogP contribution in [0, 0.1) is 10.1 Å². The summed E-state index contributed by atoms with van der Waals surface area (Å²) in [5.41, 5.74) is 3.45. The molecule has 0 fully saturated rings. The van der Waals surface area contributed by atoms with E-state index in [1.807, 2.05) is 0 Å². The van der Waals surface area contributed by atoms with Crippen LogP contribution in [0.25, 0.3) is 12.2 Å². The second kappa shape index (κ2) is 7.05. The molecule has 0 radical (unpaired) electrons. The predicted molar refractivity (Wildman–Crippen MR) is 83.2 cm³/mol. The summed E-state index contributed by atoms with van der Waals surface area (Å²) in [5.74, 6) is -1.35. The van der Waals surface area contributed by atoms with Crippen LogP contribution < -0.4 is 16.0 Å². The number of nitro groups is 1. The first-order valence-corrected chi connectivity index (χ1v) is 6.54. The van der Waals surface area contributed by atoms with Crippen molar-refractivity contribution in [3.8, 4) is 11.6 Å². The Labute approximate surface area is 134 Å². The maximum absolute atomic E-state index is 11.6. The van der Waals surface area contributed by atoms with Gasteiger partial charge in [-0.1, -0.05) is 18.2 Å². The summed E-state index contributed by atoms with van der Waals surface area (Å²) in [6, 6.07) is 6.66. The number of ether oxygens (including phenoxy) is 1. The number of nitrogens with one attached hydrogen (secondary N) is 1. The molecule has 1 aromatic heterocycles. The first-order valence-electron chi connectivity index (χ1n) is 6.54.